The number of hydrogen-bond donors (Lipinski definition) is 2. The Labute approximate surface area is 138 Å². The summed E-state index contributed by atoms with van der Waals surface area (Å²) in [7, 11) is 0. The highest BCUT2D eigenvalue weighted by Gasteiger charge is 2.14. The molecule has 0 saturated carbocycles. The molecule has 0 bridgehead atoms. The molecule has 2 rings (SSSR count). The third-order valence-electron chi connectivity index (χ3n) is 2.77. The lowest BCUT2D eigenvalue weighted by Gasteiger charge is -2.10. The molecule has 0 saturated heterocycles. The van der Waals surface area contributed by atoms with E-state index in [-0.39, 0.29) is 21.5 Å². The van der Waals surface area contributed by atoms with Crippen molar-refractivity contribution < 1.29 is 28.2 Å². The number of aromatic carboxylic acids is 1. The van der Waals surface area contributed by atoms with E-state index in [9.17, 15) is 18.4 Å². The van der Waals surface area contributed by atoms with Gasteiger partial charge >= 0.3 is 5.97 Å². The Kier molecular flexibility index (Phi) is 5.28. The summed E-state index contributed by atoms with van der Waals surface area (Å²) >= 11 is 2.99. The molecule has 0 fully saturated rings. The van der Waals surface area contributed by atoms with Crippen LogP contribution in [0.2, 0.25) is 0 Å². The van der Waals surface area contributed by atoms with Gasteiger partial charge in [-0.1, -0.05) is 12.1 Å². The van der Waals surface area contributed by atoms with Crippen LogP contribution in [0.25, 0.3) is 0 Å². The van der Waals surface area contributed by atoms with E-state index < -0.39 is 30.1 Å². The number of carboxylic acid groups (broad SMARTS) is 1. The molecular formula is C15H10BrF2NO4. The lowest BCUT2D eigenvalue weighted by atomic mass is 10.2. The molecule has 1 amide bonds. The Balaban J connectivity index is 2.04. The molecule has 2 N–H and O–H groups in total. The van der Waals surface area contributed by atoms with Crippen LogP contribution in [0.15, 0.2) is 40.9 Å². The molecule has 2 aromatic carbocycles. The number of ether oxygens (including phenoxy) is 1. The van der Waals surface area contributed by atoms with Gasteiger partial charge in [-0.3, -0.25) is 4.79 Å². The molecule has 0 atom stereocenters. The molecule has 0 radical (unpaired) electrons. The van der Waals surface area contributed by atoms with E-state index in [0.717, 1.165) is 12.1 Å². The summed E-state index contributed by atoms with van der Waals surface area (Å²) in [4.78, 5) is 22.8. The number of nitrogens with one attached hydrogen (secondary N) is 1. The molecular weight excluding hydrogens is 376 g/mol. The second kappa shape index (κ2) is 7.19. The zero-order valence-corrected chi connectivity index (χ0v) is 13.1. The van der Waals surface area contributed by atoms with Crippen LogP contribution in [0, 0.1) is 11.6 Å². The lowest BCUT2D eigenvalue weighted by molar-refractivity contribution is -0.118. The average Bonchev–Trinajstić information content (AvgIpc) is 2.50. The van der Waals surface area contributed by atoms with Gasteiger partial charge in [-0.15, -0.1) is 0 Å². The molecule has 23 heavy (non-hydrogen) atoms. The molecule has 2 aromatic rings. The van der Waals surface area contributed by atoms with Gasteiger partial charge in [0.05, 0.1) is 15.7 Å². The fourth-order valence-electron chi connectivity index (χ4n) is 1.72. The summed E-state index contributed by atoms with van der Waals surface area (Å²) in [6.07, 6.45) is 0. The third-order valence-corrected chi connectivity index (χ3v) is 3.38. The number of hydrogen-bond acceptors (Lipinski definition) is 3. The van der Waals surface area contributed by atoms with Crippen LogP contribution in [-0.4, -0.2) is 23.6 Å². The van der Waals surface area contributed by atoms with Crippen LogP contribution in [0.5, 0.6) is 5.75 Å². The van der Waals surface area contributed by atoms with Gasteiger partial charge in [-0.25, -0.2) is 13.6 Å². The first-order valence-electron chi connectivity index (χ1n) is 6.28. The van der Waals surface area contributed by atoms with Crippen LogP contribution in [-0.2, 0) is 4.79 Å². The van der Waals surface area contributed by atoms with E-state index in [0.29, 0.717) is 0 Å². The average molecular weight is 386 g/mol. The van der Waals surface area contributed by atoms with Gasteiger partial charge in [0.1, 0.15) is 5.75 Å². The monoisotopic (exact) mass is 385 g/mol. The maximum atomic E-state index is 13.1. The van der Waals surface area contributed by atoms with E-state index >= 15 is 0 Å². The van der Waals surface area contributed by atoms with Crippen LogP contribution < -0.4 is 10.1 Å². The van der Waals surface area contributed by atoms with Gasteiger partial charge in [-0.2, -0.15) is 0 Å². The first-order chi connectivity index (χ1) is 10.9. The molecule has 5 nitrogen and oxygen atoms in total. The Morgan fingerprint density at radius 2 is 1.83 bits per heavy atom. The normalized spacial score (nSPS) is 10.2. The second-order valence-corrected chi connectivity index (χ2v) is 5.24. The fraction of sp³-hybridized carbons (Fsp3) is 0.0667. The predicted octanol–water partition coefficient (Wildman–Crippen LogP) is 3.44. The van der Waals surface area contributed by atoms with Crippen LogP contribution >= 0.6 is 15.9 Å². The summed E-state index contributed by atoms with van der Waals surface area (Å²) in [6, 6.07) is 7.53. The zero-order chi connectivity index (χ0) is 17.0. The number of carbonyl (C=O) groups is 2. The first-order valence-corrected chi connectivity index (χ1v) is 7.07. The van der Waals surface area contributed by atoms with E-state index in [4.69, 9.17) is 9.84 Å². The Hall–Kier alpha value is -2.48. The highest BCUT2D eigenvalue weighted by molar-refractivity contribution is 9.10. The van der Waals surface area contributed by atoms with E-state index in [1.807, 2.05) is 0 Å². The summed E-state index contributed by atoms with van der Waals surface area (Å²) in [5, 5.41) is 11.4. The van der Waals surface area contributed by atoms with Crippen molar-refractivity contribution in [3.63, 3.8) is 0 Å². The highest BCUT2D eigenvalue weighted by Crippen LogP contribution is 2.27. The molecule has 120 valence electrons. The van der Waals surface area contributed by atoms with Crippen molar-refractivity contribution in [2.45, 2.75) is 0 Å². The molecule has 0 spiro atoms. The number of para-hydroxylation sites is 1. The second-order valence-electron chi connectivity index (χ2n) is 4.38. The summed E-state index contributed by atoms with van der Waals surface area (Å²) in [5.74, 6) is -4.05. The van der Waals surface area contributed by atoms with Crippen molar-refractivity contribution in [1.82, 2.24) is 0 Å². The van der Waals surface area contributed by atoms with Gasteiger partial charge < -0.3 is 15.2 Å². The zero-order valence-electron chi connectivity index (χ0n) is 11.5. The first kappa shape index (κ1) is 16.9. The minimum absolute atomic E-state index is 0.0504. The smallest absolute Gasteiger partial charge is 0.337 e. The van der Waals surface area contributed by atoms with Crippen molar-refractivity contribution in [1.29, 1.82) is 0 Å². The summed E-state index contributed by atoms with van der Waals surface area (Å²) in [6.45, 7) is -0.502. The summed E-state index contributed by atoms with van der Waals surface area (Å²) < 4.78 is 31.3. The van der Waals surface area contributed by atoms with Crippen molar-refractivity contribution in [2.24, 2.45) is 0 Å². The minimum atomic E-state index is -1.19. The molecule has 0 aliphatic heterocycles. The maximum absolute atomic E-state index is 13.1. The number of halogens is 3. The quantitative estimate of drug-likeness (QED) is 0.773. The van der Waals surface area contributed by atoms with Crippen molar-refractivity contribution in [3.05, 3.63) is 58.1 Å². The fourth-order valence-corrected chi connectivity index (χ4v) is 2.15. The molecule has 0 aromatic heterocycles. The number of amides is 1. The minimum Gasteiger partial charge on any atom is -0.482 e. The number of rotatable bonds is 5. The molecule has 0 aliphatic rings. The maximum Gasteiger partial charge on any atom is 0.337 e. The Morgan fingerprint density at radius 1 is 1.17 bits per heavy atom. The van der Waals surface area contributed by atoms with Crippen LogP contribution in [0.4, 0.5) is 14.5 Å². The topological polar surface area (TPSA) is 75.6 Å². The van der Waals surface area contributed by atoms with Gasteiger partial charge in [-0.05, 0) is 34.1 Å². The Morgan fingerprint density at radius 3 is 2.52 bits per heavy atom. The standard InChI is InChI=1S/C15H10BrF2NO4/c16-9-5-10(17)11(18)6-13(9)23-7-14(20)19-12-4-2-1-3-8(12)15(21)22/h1-6H,7H2,(H,19,20)(H,21,22). The largest absolute Gasteiger partial charge is 0.482 e. The lowest BCUT2D eigenvalue weighted by Crippen LogP contribution is -2.21. The van der Waals surface area contributed by atoms with Crippen LogP contribution in [0.1, 0.15) is 10.4 Å². The van der Waals surface area contributed by atoms with E-state index in [1.54, 1.807) is 6.07 Å². The van der Waals surface area contributed by atoms with Gasteiger partial charge in [0.15, 0.2) is 18.2 Å². The number of carbonyl (C=O) groups excluding carboxylic acids is 1. The van der Waals surface area contributed by atoms with Gasteiger partial charge in [0.2, 0.25) is 0 Å². The number of benzene rings is 2. The van der Waals surface area contributed by atoms with E-state index in [1.165, 1.54) is 18.2 Å². The number of anilines is 1. The van der Waals surface area contributed by atoms with Gasteiger partial charge in [0, 0.05) is 6.07 Å². The van der Waals surface area contributed by atoms with E-state index in [2.05, 4.69) is 21.2 Å². The highest BCUT2D eigenvalue weighted by atomic mass is 79.9. The number of carboxylic acids is 1. The Bertz CT molecular complexity index is 767. The third kappa shape index (κ3) is 4.26. The van der Waals surface area contributed by atoms with Gasteiger partial charge in [0.25, 0.3) is 5.91 Å². The van der Waals surface area contributed by atoms with Crippen molar-refractivity contribution in [2.75, 3.05) is 11.9 Å². The van der Waals surface area contributed by atoms with Crippen LogP contribution in [0.3, 0.4) is 0 Å². The SMILES string of the molecule is O=C(COc1cc(F)c(F)cc1Br)Nc1ccccc1C(=O)O. The molecule has 0 unspecified atom stereocenters. The summed E-state index contributed by atoms with van der Waals surface area (Å²) in [5.41, 5.74) is 0.0350. The predicted molar refractivity (Wildman–Crippen MR) is 81.6 cm³/mol. The molecule has 0 heterocycles. The van der Waals surface area contributed by atoms with Crippen molar-refractivity contribution >= 4 is 33.5 Å². The molecule has 8 heteroatoms. The molecule has 0 aliphatic carbocycles. The van der Waals surface area contributed by atoms with Crippen molar-refractivity contribution in [3.8, 4) is 5.75 Å².